The van der Waals surface area contributed by atoms with E-state index < -0.39 is 29.6 Å². The van der Waals surface area contributed by atoms with Crippen LogP contribution in [0.1, 0.15) is 12.5 Å². The smallest absolute Gasteiger partial charge is 0.334 e. The van der Waals surface area contributed by atoms with Gasteiger partial charge in [0.2, 0.25) is 0 Å². The molecule has 1 atom stereocenters. The number of hydrogen-bond acceptors (Lipinski definition) is 6. The molecular weight excluding hydrogens is 293 g/mol. The normalized spacial score (nSPS) is 18.7. The molecule has 1 aromatic carbocycles. The molecule has 3 rings (SSSR count). The van der Waals surface area contributed by atoms with Crippen LogP contribution in [0.3, 0.4) is 0 Å². The van der Waals surface area contributed by atoms with Gasteiger partial charge in [-0.2, -0.15) is 0 Å². The molecule has 0 spiro atoms. The Morgan fingerprint density at radius 3 is 2.41 bits per heavy atom. The van der Waals surface area contributed by atoms with Gasteiger partial charge in [0.25, 0.3) is 0 Å². The van der Waals surface area contributed by atoms with Crippen LogP contribution in [0.5, 0.6) is 0 Å². The van der Waals surface area contributed by atoms with Crippen molar-refractivity contribution in [2.45, 2.75) is 18.8 Å². The molecule has 1 aliphatic heterocycles. The highest BCUT2D eigenvalue weighted by Crippen LogP contribution is 2.36. The van der Waals surface area contributed by atoms with Gasteiger partial charge < -0.3 is 19.6 Å². The van der Waals surface area contributed by atoms with Gasteiger partial charge in [-0.3, -0.25) is 0 Å². The van der Waals surface area contributed by atoms with E-state index in [1.165, 1.54) is 25.3 Å². The SMILES string of the molecule is CC(N)C1(c2cc3occc3cc2F)OC(=O)C=CC(=O)O1. The van der Waals surface area contributed by atoms with E-state index in [2.05, 4.69) is 0 Å². The number of carbonyl (C=O) groups is 2. The Bertz CT molecular complexity index is 772. The minimum atomic E-state index is -2.07. The molecule has 7 heteroatoms. The molecule has 0 aliphatic carbocycles. The van der Waals surface area contributed by atoms with Crippen LogP contribution in [0, 0.1) is 5.82 Å². The summed E-state index contributed by atoms with van der Waals surface area (Å²) in [7, 11) is 0. The van der Waals surface area contributed by atoms with E-state index >= 15 is 0 Å². The number of ether oxygens (including phenoxy) is 2. The summed E-state index contributed by atoms with van der Waals surface area (Å²) in [6, 6.07) is 3.06. The lowest BCUT2D eigenvalue weighted by Gasteiger charge is -2.34. The monoisotopic (exact) mass is 305 g/mol. The van der Waals surface area contributed by atoms with E-state index in [0.29, 0.717) is 11.0 Å². The predicted octanol–water partition coefficient (Wildman–Crippen LogP) is 1.73. The summed E-state index contributed by atoms with van der Waals surface area (Å²) < 4.78 is 30.0. The first-order valence-electron chi connectivity index (χ1n) is 6.49. The third-order valence-electron chi connectivity index (χ3n) is 3.38. The highest BCUT2D eigenvalue weighted by molar-refractivity contribution is 5.93. The molecule has 0 bridgehead atoms. The molecule has 0 fully saturated rings. The van der Waals surface area contributed by atoms with Crippen LogP contribution in [0.4, 0.5) is 4.39 Å². The summed E-state index contributed by atoms with van der Waals surface area (Å²) in [6.45, 7) is 1.44. The van der Waals surface area contributed by atoms with Gasteiger partial charge in [-0.05, 0) is 25.1 Å². The summed E-state index contributed by atoms with van der Waals surface area (Å²) in [5.41, 5.74) is 6.00. The standard InChI is InChI=1S/C15H12FNO5/c1-8(17)15(21-13(18)2-3-14(19)22-15)10-7-12-9(4-5-20-12)6-11(10)16/h2-8H,17H2,1H3. The number of nitrogens with two attached hydrogens (primary N) is 1. The van der Waals surface area contributed by atoms with Crippen LogP contribution in [0.2, 0.25) is 0 Å². The van der Waals surface area contributed by atoms with Crippen molar-refractivity contribution < 1.29 is 27.9 Å². The van der Waals surface area contributed by atoms with Crippen molar-refractivity contribution >= 4 is 22.9 Å². The van der Waals surface area contributed by atoms with Crippen LogP contribution in [0.15, 0.2) is 41.0 Å². The van der Waals surface area contributed by atoms with Crippen LogP contribution >= 0.6 is 0 Å². The highest BCUT2D eigenvalue weighted by atomic mass is 19.1. The maximum Gasteiger partial charge on any atom is 0.334 e. The summed E-state index contributed by atoms with van der Waals surface area (Å²) in [5, 5.41) is 0.519. The zero-order valence-electron chi connectivity index (χ0n) is 11.5. The van der Waals surface area contributed by atoms with Crippen molar-refractivity contribution in [3.8, 4) is 0 Å². The fourth-order valence-electron chi connectivity index (χ4n) is 2.31. The third-order valence-corrected chi connectivity index (χ3v) is 3.38. The fraction of sp³-hybridized carbons (Fsp3) is 0.200. The first-order valence-corrected chi connectivity index (χ1v) is 6.49. The summed E-state index contributed by atoms with van der Waals surface area (Å²) in [4.78, 5) is 23.4. The van der Waals surface area contributed by atoms with E-state index in [1.54, 1.807) is 6.07 Å². The largest absolute Gasteiger partial charge is 0.464 e. The summed E-state index contributed by atoms with van der Waals surface area (Å²) >= 11 is 0. The van der Waals surface area contributed by atoms with Gasteiger partial charge in [-0.25, -0.2) is 14.0 Å². The third kappa shape index (κ3) is 2.15. The molecule has 0 saturated heterocycles. The molecule has 2 heterocycles. The molecule has 1 aliphatic rings. The van der Waals surface area contributed by atoms with Gasteiger partial charge in [0.1, 0.15) is 11.4 Å². The Balaban J connectivity index is 2.22. The van der Waals surface area contributed by atoms with E-state index in [1.807, 2.05) is 0 Å². The van der Waals surface area contributed by atoms with Crippen molar-refractivity contribution in [3.05, 3.63) is 48.0 Å². The van der Waals surface area contributed by atoms with Gasteiger partial charge in [0.15, 0.2) is 0 Å². The van der Waals surface area contributed by atoms with E-state index in [0.717, 1.165) is 12.2 Å². The fourth-order valence-corrected chi connectivity index (χ4v) is 2.31. The lowest BCUT2D eigenvalue weighted by atomic mass is 9.97. The van der Waals surface area contributed by atoms with Crippen molar-refractivity contribution in [1.29, 1.82) is 0 Å². The van der Waals surface area contributed by atoms with E-state index in [9.17, 15) is 14.0 Å². The van der Waals surface area contributed by atoms with Gasteiger partial charge in [0, 0.05) is 17.5 Å². The molecule has 0 amide bonds. The second-order valence-corrected chi connectivity index (χ2v) is 4.92. The van der Waals surface area contributed by atoms with Crippen LogP contribution in [-0.4, -0.2) is 18.0 Å². The molecule has 22 heavy (non-hydrogen) atoms. The Hall–Kier alpha value is -2.67. The molecule has 1 aromatic heterocycles. The summed E-state index contributed by atoms with van der Waals surface area (Å²) in [6.07, 6.45) is 3.19. The quantitative estimate of drug-likeness (QED) is 0.850. The number of hydrogen-bond donors (Lipinski definition) is 1. The van der Waals surface area contributed by atoms with Gasteiger partial charge >= 0.3 is 17.7 Å². The lowest BCUT2D eigenvalue weighted by molar-refractivity contribution is -0.233. The van der Waals surface area contributed by atoms with Crippen molar-refractivity contribution in [1.82, 2.24) is 0 Å². The zero-order valence-corrected chi connectivity index (χ0v) is 11.5. The van der Waals surface area contributed by atoms with Crippen molar-refractivity contribution in [3.63, 3.8) is 0 Å². The molecule has 0 radical (unpaired) electrons. The number of rotatable bonds is 2. The number of esters is 2. The molecule has 0 saturated carbocycles. The maximum absolute atomic E-state index is 14.5. The topological polar surface area (TPSA) is 91.8 Å². The number of benzene rings is 1. The van der Waals surface area contributed by atoms with Crippen LogP contribution < -0.4 is 5.73 Å². The van der Waals surface area contributed by atoms with Crippen LogP contribution in [-0.2, 0) is 24.8 Å². The average molecular weight is 305 g/mol. The minimum absolute atomic E-state index is 0.185. The number of furan rings is 1. The number of halogens is 1. The average Bonchev–Trinajstić information content (AvgIpc) is 2.83. The first kappa shape index (κ1) is 14.3. The Morgan fingerprint density at radius 1 is 1.18 bits per heavy atom. The van der Waals surface area contributed by atoms with E-state index in [-0.39, 0.29) is 5.56 Å². The Kier molecular flexibility index (Phi) is 3.22. The van der Waals surface area contributed by atoms with Crippen molar-refractivity contribution in [2.24, 2.45) is 5.73 Å². The Morgan fingerprint density at radius 2 is 1.82 bits per heavy atom. The van der Waals surface area contributed by atoms with Crippen molar-refractivity contribution in [2.75, 3.05) is 0 Å². The molecule has 2 aromatic rings. The summed E-state index contributed by atoms with van der Waals surface area (Å²) in [5.74, 6) is -4.51. The minimum Gasteiger partial charge on any atom is -0.464 e. The first-order chi connectivity index (χ1) is 10.4. The number of fused-ring (bicyclic) bond motifs is 1. The molecule has 1 unspecified atom stereocenters. The molecule has 114 valence electrons. The Labute approximate surface area is 124 Å². The zero-order chi connectivity index (χ0) is 15.9. The van der Waals surface area contributed by atoms with Gasteiger partial charge in [0.05, 0.1) is 17.9 Å². The molecule has 2 N–H and O–H groups in total. The highest BCUT2D eigenvalue weighted by Gasteiger charge is 2.47. The number of carbonyl (C=O) groups excluding carboxylic acids is 2. The van der Waals surface area contributed by atoms with Crippen LogP contribution in [0.25, 0.3) is 11.0 Å². The van der Waals surface area contributed by atoms with Gasteiger partial charge in [-0.1, -0.05) is 0 Å². The maximum atomic E-state index is 14.5. The second-order valence-electron chi connectivity index (χ2n) is 4.92. The second kappa shape index (κ2) is 4.96. The molecular formula is C15H12FNO5. The number of cyclic esters (lactones) is 2. The lowest BCUT2D eigenvalue weighted by Crippen LogP contribution is -2.49. The molecule has 6 nitrogen and oxygen atoms in total. The van der Waals surface area contributed by atoms with E-state index in [4.69, 9.17) is 19.6 Å². The van der Waals surface area contributed by atoms with Gasteiger partial charge in [-0.15, -0.1) is 0 Å². The predicted molar refractivity (Wildman–Crippen MR) is 72.8 cm³/mol.